The molecule has 0 aliphatic rings. The molecule has 0 aliphatic carbocycles. The van der Waals surface area contributed by atoms with E-state index in [1.165, 1.54) is 22.0 Å². The van der Waals surface area contributed by atoms with Gasteiger partial charge >= 0.3 is 0 Å². The third kappa shape index (κ3) is 2.17. The molecule has 3 rings (SSSR count). The number of nitrogens with zero attached hydrogens (tertiary/aromatic N) is 1. The molecule has 0 saturated heterocycles. The summed E-state index contributed by atoms with van der Waals surface area (Å²) in [5, 5.41) is 1.26. The Morgan fingerprint density at radius 3 is 2.68 bits per heavy atom. The predicted octanol–water partition coefficient (Wildman–Crippen LogP) is 4.65. The van der Waals surface area contributed by atoms with Crippen molar-refractivity contribution in [2.75, 3.05) is 0 Å². The summed E-state index contributed by atoms with van der Waals surface area (Å²) in [6, 6.07) is 12.5. The van der Waals surface area contributed by atoms with Crippen LogP contribution in [0.4, 0.5) is 0 Å². The first-order valence-electron chi connectivity index (χ1n) is 6.58. The Bertz CT molecular complexity index is 708. The average Bonchev–Trinajstić information content (AvgIpc) is 2.85. The van der Waals surface area contributed by atoms with Crippen molar-refractivity contribution in [1.29, 1.82) is 0 Å². The van der Waals surface area contributed by atoms with Gasteiger partial charge in [-0.25, -0.2) is 0 Å². The molecule has 0 aliphatic heterocycles. The van der Waals surface area contributed by atoms with Crippen LogP contribution in [0.2, 0.25) is 0 Å². The summed E-state index contributed by atoms with van der Waals surface area (Å²) in [5.74, 6) is 0. The second kappa shape index (κ2) is 5.11. The van der Waals surface area contributed by atoms with E-state index < -0.39 is 0 Å². The van der Waals surface area contributed by atoms with E-state index in [2.05, 4.69) is 53.3 Å². The van der Waals surface area contributed by atoms with Crippen molar-refractivity contribution in [3.63, 3.8) is 0 Å². The molecule has 2 heterocycles. The molecule has 0 saturated carbocycles. The SMILES string of the molecule is CC/C=C/c1c(-c2ccncc2)[nH]c2ccccc12. The third-order valence-electron chi connectivity index (χ3n) is 3.24. The quantitative estimate of drug-likeness (QED) is 0.718. The normalized spacial score (nSPS) is 11.4. The number of aromatic nitrogens is 2. The van der Waals surface area contributed by atoms with E-state index in [1.54, 1.807) is 0 Å². The standard InChI is InChI=1S/C17H16N2/c1-2-3-6-15-14-7-4-5-8-16(14)19-17(15)13-9-11-18-12-10-13/h3-12,19H,2H2,1H3/b6-3+. The Morgan fingerprint density at radius 2 is 1.89 bits per heavy atom. The first-order chi connectivity index (χ1) is 9.40. The zero-order valence-corrected chi connectivity index (χ0v) is 10.9. The van der Waals surface area contributed by atoms with Gasteiger partial charge in [0.15, 0.2) is 0 Å². The summed E-state index contributed by atoms with van der Waals surface area (Å²) in [4.78, 5) is 7.60. The van der Waals surface area contributed by atoms with Gasteiger partial charge in [0.2, 0.25) is 0 Å². The lowest BCUT2D eigenvalue weighted by Gasteiger charge is -2.00. The number of nitrogens with one attached hydrogen (secondary N) is 1. The van der Waals surface area contributed by atoms with Crippen molar-refractivity contribution in [2.45, 2.75) is 13.3 Å². The Balaban J connectivity index is 2.26. The van der Waals surface area contributed by atoms with Crippen molar-refractivity contribution in [2.24, 2.45) is 0 Å². The fourth-order valence-electron chi connectivity index (χ4n) is 2.32. The largest absolute Gasteiger partial charge is 0.354 e. The zero-order valence-electron chi connectivity index (χ0n) is 10.9. The molecular formula is C17H16N2. The predicted molar refractivity (Wildman–Crippen MR) is 80.9 cm³/mol. The van der Waals surface area contributed by atoms with Crippen LogP contribution in [0.5, 0.6) is 0 Å². The molecule has 94 valence electrons. The number of H-pyrrole nitrogens is 1. The summed E-state index contributed by atoms with van der Waals surface area (Å²) in [6.45, 7) is 2.15. The van der Waals surface area contributed by atoms with Crippen LogP contribution in [0.25, 0.3) is 28.2 Å². The minimum atomic E-state index is 1.04. The summed E-state index contributed by atoms with van der Waals surface area (Å²) in [6.07, 6.45) is 9.09. The molecule has 0 radical (unpaired) electrons. The van der Waals surface area contributed by atoms with Crippen LogP contribution in [0.15, 0.2) is 54.9 Å². The Kier molecular flexibility index (Phi) is 3.15. The van der Waals surface area contributed by atoms with E-state index >= 15 is 0 Å². The Morgan fingerprint density at radius 1 is 1.11 bits per heavy atom. The smallest absolute Gasteiger partial charge is 0.0539 e. The molecule has 2 nitrogen and oxygen atoms in total. The number of para-hydroxylation sites is 1. The molecule has 0 atom stereocenters. The third-order valence-corrected chi connectivity index (χ3v) is 3.24. The fraction of sp³-hybridized carbons (Fsp3) is 0.118. The summed E-state index contributed by atoms with van der Waals surface area (Å²) in [7, 11) is 0. The van der Waals surface area contributed by atoms with Gasteiger partial charge in [0.1, 0.15) is 0 Å². The molecule has 0 spiro atoms. The molecular weight excluding hydrogens is 232 g/mol. The van der Waals surface area contributed by atoms with Crippen LogP contribution in [0.3, 0.4) is 0 Å². The van der Waals surface area contributed by atoms with Gasteiger partial charge in [-0.15, -0.1) is 0 Å². The lowest BCUT2D eigenvalue weighted by Crippen LogP contribution is -1.81. The monoisotopic (exact) mass is 248 g/mol. The second-order valence-corrected chi connectivity index (χ2v) is 4.51. The van der Waals surface area contributed by atoms with Gasteiger partial charge in [-0.1, -0.05) is 37.3 Å². The van der Waals surface area contributed by atoms with Gasteiger partial charge in [-0.3, -0.25) is 4.98 Å². The number of pyridine rings is 1. The molecule has 1 N–H and O–H groups in total. The van der Waals surface area contributed by atoms with Crippen molar-refractivity contribution in [3.05, 3.63) is 60.4 Å². The molecule has 2 aromatic heterocycles. The fourth-order valence-corrected chi connectivity index (χ4v) is 2.32. The number of aromatic amines is 1. The number of rotatable bonds is 3. The molecule has 1 aromatic carbocycles. The lowest BCUT2D eigenvalue weighted by atomic mass is 10.1. The number of allylic oxidation sites excluding steroid dienone is 1. The van der Waals surface area contributed by atoms with E-state index in [9.17, 15) is 0 Å². The molecule has 19 heavy (non-hydrogen) atoms. The van der Waals surface area contributed by atoms with Gasteiger partial charge in [-0.2, -0.15) is 0 Å². The van der Waals surface area contributed by atoms with Crippen molar-refractivity contribution in [1.82, 2.24) is 9.97 Å². The van der Waals surface area contributed by atoms with Crippen molar-refractivity contribution >= 4 is 17.0 Å². The maximum absolute atomic E-state index is 4.08. The summed E-state index contributed by atoms with van der Waals surface area (Å²) in [5.41, 5.74) is 4.75. The average molecular weight is 248 g/mol. The van der Waals surface area contributed by atoms with Crippen LogP contribution in [0.1, 0.15) is 18.9 Å². The van der Waals surface area contributed by atoms with Crippen molar-refractivity contribution < 1.29 is 0 Å². The van der Waals surface area contributed by atoms with E-state index in [0.29, 0.717) is 0 Å². The minimum absolute atomic E-state index is 1.04. The number of benzene rings is 1. The van der Waals surface area contributed by atoms with E-state index in [0.717, 1.165) is 12.1 Å². The zero-order chi connectivity index (χ0) is 13.1. The highest BCUT2D eigenvalue weighted by Crippen LogP contribution is 2.31. The lowest BCUT2D eigenvalue weighted by molar-refractivity contribution is 1.23. The number of hydrogen-bond acceptors (Lipinski definition) is 1. The summed E-state index contributed by atoms with van der Waals surface area (Å²) >= 11 is 0. The maximum atomic E-state index is 4.08. The van der Waals surface area contributed by atoms with Crippen LogP contribution >= 0.6 is 0 Å². The number of fused-ring (bicyclic) bond motifs is 1. The van der Waals surface area contributed by atoms with Crippen LogP contribution in [-0.2, 0) is 0 Å². The second-order valence-electron chi connectivity index (χ2n) is 4.51. The van der Waals surface area contributed by atoms with Gasteiger partial charge in [0, 0.05) is 34.4 Å². The van der Waals surface area contributed by atoms with Gasteiger partial charge in [0.05, 0.1) is 5.69 Å². The van der Waals surface area contributed by atoms with Crippen LogP contribution in [0, 0.1) is 0 Å². The molecule has 0 unspecified atom stereocenters. The molecule has 0 fully saturated rings. The maximum Gasteiger partial charge on any atom is 0.0539 e. The van der Waals surface area contributed by atoms with E-state index in [4.69, 9.17) is 0 Å². The topological polar surface area (TPSA) is 28.7 Å². The number of hydrogen-bond donors (Lipinski definition) is 1. The first kappa shape index (κ1) is 11.7. The first-order valence-corrected chi connectivity index (χ1v) is 6.58. The van der Waals surface area contributed by atoms with Crippen molar-refractivity contribution in [3.8, 4) is 11.3 Å². The molecule has 0 amide bonds. The van der Waals surface area contributed by atoms with Crippen LogP contribution in [-0.4, -0.2) is 9.97 Å². The van der Waals surface area contributed by atoms with Crippen LogP contribution < -0.4 is 0 Å². The highest BCUT2D eigenvalue weighted by Gasteiger charge is 2.09. The summed E-state index contributed by atoms with van der Waals surface area (Å²) < 4.78 is 0. The van der Waals surface area contributed by atoms with Gasteiger partial charge in [0.25, 0.3) is 0 Å². The highest BCUT2D eigenvalue weighted by molar-refractivity contribution is 5.96. The van der Waals surface area contributed by atoms with E-state index in [1.807, 2.05) is 24.5 Å². The molecule has 2 heteroatoms. The van der Waals surface area contributed by atoms with Gasteiger partial charge in [-0.05, 0) is 24.6 Å². The Labute approximate surface area is 112 Å². The Hall–Kier alpha value is -2.35. The minimum Gasteiger partial charge on any atom is -0.354 e. The molecule has 3 aromatic rings. The molecule has 0 bridgehead atoms. The highest BCUT2D eigenvalue weighted by atomic mass is 14.7. The van der Waals surface area contributed by atoms with Gasteiger partial charge < -0.3 is 4.98 Å². The van der Waals surface area contributed by atoms with E-state index in [-0.39, 0.29) is 0 Å².